The van der Waals surface area contributed by atoms with Crippen molar-refractivity contribution in [1.29, 1.82) is 0 Å². The van der Waals surface area contributed by atoms with Gasteiger partial charge in [-0.3, -0.25) is 19.2 Å². The summed E-state index contributed by atoms with van der Waals surface area (Å²) < 4.78 is 5.18. The molecule has 2 saturated heterocycles. The van der Waals surface area contributed by atoms with E-state index in [1.807, 2.05) is 61.5 Å². The van der Waals surface area contributed by atoms with Crippen LogP contribution in [0.5, 0.6) is 0 Å². The second-order valence-corrected chi connectivity index (χ2v) is 16.4. The molecule has 1 aliphatic carbocycles. The quantitative estimate of drug-likeness (QED) is 0.159. The minimum Gasteiger partial charge on any atom is -0.449 e. The molecule has 3 aliphatic rings. The minimum atomic E-state index is -1.11. The molecule has 0 aromatic heterocycles. The van der Waals surface area contributed by atoms with Crippen molar-refractivity contribution in [1.82, 2.24) is 25.8 Å². The summed E-state index contributed by atoms with van der Waals surface area (Å²) in [6, 6.07) is -4.08. The fourth-order valence-corrected chi connectivity index (χ4v) is 6.76. The van der Waals surface area contributed by atoms with Crippen molar-refractivity contribution in [3.8, 4) is 0 Å². The molecule has 2 unspecified atom stereocenters. The minimum absolute atomic E-state index is 0.245. The average molecular weight is 689 g/mol. The van der Waals surface area contributed by atoms with Crippen molar-refractivity contribution >= 4 is 35.6 Å². The number of urea groups is 1. The van der Waals surface area contributed by atoms with Crippen molar-refractivity contribution in [2.75, 3.05) is 26.2 Å². The number of cyclic esters (lactones) is 1. The summed E-state index contributed by atoms with van der Waals surface area (Å²) >= 11 is 0. The number of carbonyl (C=O) groups is 6. The summed E-state index contributed by atoms with van der Waals surface area (Å²) in [5, 5.41) is 8.66. The van der Waals surface area contributed by atoms with E-state index in [-0.39, 0.29) is 25.4 Å². The van der Waals surface area contributed by atoms with E-state index >= 15 is 0 Å². The molecule has 3 fully saturated rings. The third-order valence-electron chi connectivity index (χ3n) is 9.95. The number of Topliss-reactive ketones (excluding diaryl/α,β-unsaturated/α-hetero) is 1. The maximum absolute atomic E-state index is 14.4. The number of amides is 6. The van der Waals surface area contributed by atoms with Gasteiger partial charge in [-0.25, -0.2) is 9.59 Å². The first kappa shape index (κ1) is 39.8. The van der Waals surface area contributed by atoms with E-state index in [1.165, 1.54) is 11.3 Å². The van der Waals surface area contributed by atoms with Gasteiger partial charge in [-0.05, 0) is 49.9 Å². The molecule has 1 saturated carbocycles. The molecule has 276 valence electrons. The SMILES string of the molecule is CC(C)=CC1CCN(C(=O)[C@@H](NC(=O)N[C@H](CN2CCCOC2=O)C(C)(C)C)C(C)(C)C)[C@@H]1C(=O)NC(CCCC1CCC1)C(=O)C(N)=O. The molecule has 6 amide bonds. The van der Waals surface area contributed by atoms with Crippen LogP contribution in [0.15, 0.2) is 11.6 Å². The van der Waals surface area contributed by atoms with Gasteiger partial charge in [0.15, 0.2) is 0 Å². The van der Waals surface area contributed by atoms with Gasteiger partial charge in [-0.1, -0.05) is 85.3 Å². The number of nitrogens with one attached hydrogen (secondary N) is 3. The molecule has 2 heterocycles. The summed E-state index contributed by atoms with van der Waals surface area (Å²) in [6.07, 6.45) is 8.08. The highest BCUT2D eigenvalue weighted by atomic mass is 16.6. The molecule has 0 aromatic rings. The zero-order valence-electron chi connectivity index (χ0n) is 30.9. The maximum atomic E-state index is 14.4. The first-order chi connectivity index (χ1) is 22.8. The molecular formula is C36H60N6O7. The second kappa shape index (κ2) is 16.8. The summed E-state index contributed by atoms with van der Waals surface area (Å²) in [6.45, 7) is 16.6. The van der Waals surface area contributed by atoms with E-state index in [0.29, 0.717) is 38.3 Å². The smallest absolute Gasteiger partial charge is 0.409 e. The van der Waals surface area contributed by atoms with Gasteiger partial charge < -0.3 is 36.2 Å². The first-order valence-corrected chi connectivity index (χ1v) is 17.9. The molecule has 5 atom stereocenters. The van der Waals surface area contributed by atoms with Crippen molar-refractivity contribution in [2.45, 2.75) is 131 Å². The molecule has 0 bridgehead atoms. The second-order valence-electron chi connectivity index (χ2n) is 16.4. The van der Waals surface area contributed by atoms with Crippen molar-refractivity contribution < 1.29 is 33.5 Å². The number of rotatable bonds is 14. The normalized spacial score (nSPS) is 21.8. The number of ether oxygens (including phenoxy) is 1. The first-order valence-electron chi connectivity index (χ1n) is 17.9. The van der Waals surface area contributed by atoms with Gasteiger partial charge in [-0.2, -0.15) is 0 Å². The van der Waals surface area contributed by atoms with Crippen LogP contribution in [-0.2, 0) is 23.9 Å². The number of ketones is 1. The number of nitrogens with two attached hydrogens (primary N) is 1. The molecule has 13 heteroatoms. The number of likely N-dealkylation sites (tertiary alicyclic amines) is 1. The molecule has 49 heavy (non-hydrogen) atoms. The number of carbonyl (C=O) groups excluding carboxylic acids is 6. The van der Waals surface area contributed by atoms with Crippen LogP contribution in [0.3, 0.4) is 0 Å². The van der Waals surface area contributed by atoms with Gasteiger partial charge in [0.2, 0.25) is 17.6 Å². The number of allylic oxidation sites excluding steroid dienone is 1. The largest absolute Gasteiger partial charge is 0.449 e. The summed E-state index contributed by atoms with van der Waals surface area (Å²) in [5.41, 5.74) is 5.17. The maximum Gasteiger partial charge on any atom is 0.409 e. The van der Waals surface area contributed by atoms with Crippen LogP contribution >= 0.6 is 0 Å². The highest BCUT2D eigenvalue weighted by Gasteiger charge is 2.46. The highest BCUT2D eigenvalue weighted by Crippen LogP contribution is 2.33. The van der Waals surface area contributed by atoms with Crippen LogP contribution in [0.25, 0.3) is 0 Å². The fraction of sp³-hybridized carbons (Fsp3) is 0.778. The van der Waals surface area contributed by atoms with E-state index in [4.69, 9.17) is 10.5 Å². The molecule has 0 aromatic carbocycles. The molecule has 13 nitrogen and oxygen atoms in total. The Kier molecular flexibility index (Phi) is 13.7. The van der Waals surface area contributed by atoms with Crippen molar-refractivity contribution in [3.05, 3.63) is 11.6 Å². The molecule has 0 radical (unpaired) electrons. The highest BCUT2D eigenvalue weighted by molar-refractivity contribution is 6.37. The fourth-order valence-electron chi connectivity index (χ4n) is 6.76. The van der Waals surface area contributed by atoms with Crippen molar-refractivity contribution in [3.63, 3.8) is 0 Å². The van der Waals surface area contributed by atoms with Gasteiger partial charge >= 0.3 is 12.1 Å². The Balaban J connectivity index is 1.82. The van der Waals surface area contributed by atoms with E-state index in [9.17, 15) is 28.8 Å². The Bertz CT molecular complexity index is 1260. The van der Waals surface area contributed by atoms with E-state index in [0.717, 1.165) is 24.8 Å². The lowest BCUT2D eigenvalue weighted by Gasteiger charge is -2.39. The zero-order chi connectivity index (χ0) is 36.7. The average Bonchev–Trinajstić information content (AvgIpc) is 3.38. The Morgan fingerprint density at radius 2 is 1.61 bits per heavy atom. The third kappa shape index (κ3) is 11.2. The van der Waals surface area contributed by atoms with Crippen LogP contribution in [0.2, 0.25) is 0 Å². The van der Waals surface area contributed by atoms with Crippen LogP contribution in [0.4, 0.5) is 9.59 Å². The Morgan fingerprint density at radius 3 is 2.14 bits per heavy atom. The van der Waals surface area contributed by atoms with Gasteiger partial charge in [0, 0.05) is 25.6 Å². The topological polar surface area (TPSA) is 180 Å². The summed E-state index contributed by atoms with van der Waals surface area (Å²) in [4.78, 5) is 82.2. The summed E-state index contributed by atoms with van der Waals surface area (Å²) in [5.74, 6) is -2.66. The molecule has 5 N–H and O–H groups in total. The predicted octanol–water partition coefficient (Wildman–Crippen LogP) is 3.65. The third-order valence-corrected chi connectivity index (χ3v) is 9.95. The van der Waals surface area contributed by atoms with E-state index in [1.54, 1.807) is 4.90 Å². The lowest BCUT2D eigenvalue weighted by Crippen LogP contribution is -2.62. The van der Waals surface area contributed by atoms with Gasteiger partial charge in [-0.15, -0.1) is 0 Å². The number of nitrogens with zero attached hydrogens (tertiary/aromatic N) is 2. The van der Waals surface area contributed by atoms with Gasteiger partial charge in [0.25, 0.3) is 5.91 Å². The van der Waals surface area contributed by atoms with Crippen LogP contribution in [0.1, 0.15) is 107 Å². The molecule has 2 aliphatic heterocycles. The molecule has 3 rings (SSSR count). The van der Waals surface area contributed by atoms with Crippen LogP contribution in [0, 0.1) is 22.7 Å². The van der Waals surface area contributed by atoms with Crippen LogP contribution < -0.4 is 21.7 Å². The van der Waals surface area contributed by atoms with Crippen LogP contribution in [-0.4, -0.2) is 95.8 Å². The lowest BCUT2D eigenvalue weighted by atomic mass is 9.81. The Morgan fingerprint density at radius 1 is 0.939 bits per heavy atom. The zero-order valence-corrected chi connectivity index (χ0v) is 30.9. The van der Waals surface area contributed by atoms with Gasteiger partial charge in [0.05, 0.1) is 18.7 Å². The van der Waals surface area contributed by atoms with Crippen molar-refractivity contribution in [2.24, 2.45) is 28.4 Å². The molecule has 0 spiro atoms. The summed E-state index contributed by atoms with van der Waals surface area (Å²) in [7, 11) is 0. The number of hydrogen-bond donors (Lipinski definition) is 4. The van der Waals surface area contributed by atoms with E-state index in [2.05, 4.69) is 16.0 Å². The van der Waals surface area contributed by atoms with E-state index < -0.39 is 70.6 Å². The monoisotopic (exact) mass is 688 g/mol. The Labute approximate surface area is 291 Å². The molecular weight excluding hydrogens is 628 g/mol. The number of hydrogen-bond acceptors (Lipinski definition) is 7. The number of primary amides is 1. The standard InChI is InChI=1S/C36H60N6O7/c1-22(2)20-24-16-18-42(27(24)31(45)38-25(28(43)30(37)44)15-10-14-23-12-9-13-23)32(46)29(36(6,7)8)40-33(47)39-26(35(3,4)5)21-41-17-11-19-49-34(41)48/h20,23-27,29H,9-19,21H2,1-8H3,(H2,37,44)(H,38,45)(H2,39,40,47)/t24?,25?,26-,27+,29-/m1/s1. The Hall–Kier alpha value is -3.64. The predicted molar refractivity (Wildman–Crippen MR) is 186 cm³/mol. The van der Waals surface area contributed by atoms with Gasteiger partial charge in [0.1, 0.15) is 12.1 Å². The lowest BCUT2D eigenvalue weighted by molar-refractivity contribution is -0.144.